The number of anilines is 1. The van der Waals surface area contributed by atoms with Crippen molar-refractivity contribution in [2.75, 3.05) is 4.90 Å². The number of ketones is 1. The quantitative estimate of drug-likeness (QED) is 0.422. The van der Waals surface area contributed by atoms with E-state index < -0.39 is 17.7 Å². The molecule has 1 saturated heterocycles. The zero-order valence-corrected chi connectivity index (χ0v) is 16.0. The molecule has 0 radical (unpaired) electrons. The Bertz CT molecular complexity index is 1100. The summed E-state index contributed by atoms with van der Waals surface area (Å²) in [4.78, 5) is 35.4. The van der Waals surface area contributed by atoms with E-state index in [1.807, 2.05) is 50.2 Å². The summed E-state index contributed by atoms with van der Waals surface area (Å²) in [5.41, 5.74) is 3.25. The fourth-order valence-electron chi connectivity index (χ4n) is 3.39. The Morgan fingerprint density at radius 1 is 0.897 bits per heavy atom. The molecule has 1 aromatic heterocycles. The Balaban J connectivity index is 1.94. The molecule has 0 spiro atoms. The molecule has 1 aliphatic rings. The van der Waals surface area contributed by atoms with E-state index in [0.29, 0.717) is 11.1 Å². The number of carbonyl (C=O) groups is 2. The van der Waals surface area contributed by atoms with Crippen molar-refractivity contribution < 1.29 is 14.7 Å². The van der Waals surface area contributed by atoms with Crippen molar-refractivity contribution in [1.29, 1.82) is 0 Å². The summed E-state index contributed by atoms with van der Waals surface area (Å²) in [5.74, 6) is -1.63. The van der Waals surface area contributed by atoms with Gasteiger partial charge in [-0.05, 0) is 25.5 Å². The highest BCUT2D eigenvalue weighted by atomic mass is 16.3. The number of aliphatic hydroxyl groups is 1. The van der Waals surface area contributed by atoms with Crippen LogP contribution in [0.5, 0.6) is 0 Å². The SMILES string of the molecule is Cc1ccc(/C(O)=C2/C(=O)C(=O)N(c3ncccn3)C2c2ccc(C)cc2)cc1. The number of carbonyl (C=O) groups excluding carboxylic acids is 2. The number of aromatic nitrogens is 2. The highest BCUT2D eigenvalue weighted by molar-refractivity contribution is 6.51. The second-order valence-electron chi connectivity index (χ2n) is 6.99. The van der Waals surface area contributed by atoms with Gasteiger partial charge in [0.25, 0.3) is 5.78 Å². The van der Waals surface area contributed by atoms with Gasteiger partial charge in [-0.2, -0.15) is 0 Å². The summed E-state index contributed by atoms with van der Waals surface area (Å²) in [5, 5.41) is 11.0. The Morgan fingerprint density at radius 2 is 1.45 bits per heavy atom. The van der Waals surface area contributed by atoms with Crippen molar-refractivity contribution in [1.82, 2.24) is 9.97 Å². The maximum absolute atomic E-state index is 13.0. The van der Waals surface area contributed by atoms with Crippen LogP contribution < -0.4 is 4.90 Å². The van der Waals surface area contributed by atoms with Crippen molar-refractivity contribution in [3.63, 3.8) is 0 Å². The van der Waals surface area contributed by atoms with E-state index in [1.54, 1.807) is 18.2 Å². The minimum atomic E-state index is -0.820. The van der Waals surface area contributed by atoms with Crippen LogP contribution >= 0.6 is 0 Å². The fourth-order valence-corrected chi connectivity index (χ4v) is 3.39. The molecule has 0 saturated carbocycles. The molecule has 144 valence electrons. The maximum Gasteiger partial charge on any atom is 0.302 e. The standard InChI is InChI=1S/C23H19N3O3/c1-14-4-8-16(9-5-14)19-18(20(27)17-10-6-15(2)7-11-17)21(28)22(29)26(19)23-24-12-3-13-25-23/h3-13,19,27H,1-2H3/b20-18-. The summed E-state index contributed by atoms with van der Waals surface area (Å²) in [6.07, 6.45) is 3.02. The highest BCUT2D eigenvalue weighted by Crippen LogP contribution is 2.40. The van der Waals surface area contributed by atoms with Crippen LogP contribution in [0.1, 0.15) is 28.3 Å². The Hall–Kier alpha value is -3.80. The minimum Gasteiger partial charge on any atom is -0.507 e. The molecule has 29 heavy (non-hydrogen) atoms. The zero-order valence-electron chi connectivity index (χ0n) is 16.0. The predicted molar refractivity (Wildman–Crippen MR) is 109 cm³/mol. The Morgan fingerprint density at radius 3 is 2.03 bits per heavy atom. The van der Waals surface area contributed by atoms with Crippen LogP contribution in [-0.4, -0.2) is 26.8 Å². The van der Waals surface area contributed by atoms with Crippen molar-refractivity contribution in [3.05, 3.63) is 94.8 Å². The fraction of sp³-hybridized carbons (Fsp3) is 0.130. The van der Waals surface area contributed by atoms with Gasteiger partial charge in [-0.3, -0.25) is 14.5 Å². The maximum atomic E-state index is 13.0. The van der Waals surface area contributed by atoms with Crippen LogP contribution in [0.2, 0.25) is 0 Å². The molecule has 1 amide bonds. The second-order valence-corrected chi connectivity index (χ2v) is 6.99. The van der Waals surface area contributed by atoms with Crippen molar-refractivity contribution in [3.8, 4) is 0 Å². The number of hydrogen-bond donors (Lipinski definition) is 1. The van der Waals surface area contributed by atoms with Crippen molar-refractivity contribution in [2.24, 2.45) is 0 Å². The first-order valence-electron chi connectivity index (χ1n) is 9.19. The first-order chi connectivity index (χ1) is 14.0. The van der Waals surface area contributed by atoms with Crippen LogP contribution in [-0.2, 0) is 9.59 Å². The van der Waals surface area contributed by atoms with Gasteiger partial charge in [-0.15, -0.1) is 0 Å². The molecule has 3 aromatic rings. The molecular weight excluding hydrogens is 366 g/mol. The van der Waals surface area contributed by atoms with Gasteiger partial charge in [-0.25, -0.2) is 9.97 Å². The zero-order chi connectivity index (χ0) is 20.5. The smallest absolute Gasteiger partial charge is 0.302 e. The third-order valence-corrected chi connectivity index (χ3v) is 4.93. The van der Waals surface area contributed by atoms with Gasteiger partial charge in [0.15, 0.2) is 0 Å². The Kier molecular flexibility index (Phi) is 4.68. The molecule has 2 aromatic carbocycles. The van der Waals surface area contributed by atoms with E-state index in [1.165, 1.54) is 17.3 Å². The summed E-state index contributed by atoms with van der Waals surface area (Å²) >= 11 is 0. The minimum absolute atomic E-state index is 0.0233. The van der Waals surface area contributed by atoms with Crippen LogP contribution in [0.4, 0.5) is 5.95 Å². The lowest BCUT2D eigenvalue weighted by molar-refractivity contribution is -0.132. The molecule has 6 nitrogen and oxygen atoms in total. The normalized spacial score (nSPS) is 18.3. The summed E-state index contributed by atoms with van der Waals surface area (Å²) < 4.78 is 0. The number of aryl methyl sites for hydroxylation is 2. The van der Waals surface area contributed by atoms with Crippen LogP contribution in [0.15, 0.2) is 72.6 Å². The molecule has 1 unspecified atom stereocenters. The molecule has 1 aliphatic heterocycles. The largest absolute Gasteiger partial charge is 0.507 e. The number of amides is 1. The predicted octanol–water partition coefficient (Wildman–Crippen LogP) is 3.72. The van der Waals surface area contributed by atoms with Crippen LogP contribution in [0, 0.1) is 13.8 Å². The van der Waals surface area contributed by atoms with Gasteiger partial charge in [0.1, 0.15) is 5.76 Å². The first kappa shape index (κ1) is 18.6. The lowest BCUT2D eigenvalue weighted by Gasteiger charge is -2.23. The molecule has 1 fully saturated rings. The molecule has 6 heteroatoms. The van der Waals surface area contributed by atoms with E-state index in [4.69, 9.17) is 0 Å². The Labute approximate surface area is 168 Å². The molecule has 4 rings (SSSR count). The second kappa shape index (κ2) is 7.31. The average Bonchev–Trinajstić information content (AvgIpc) is 3.00. The molecule has 2 heterocycles. The van der Waals surface area contributed by atoms with Gasteiger partial charge in [0.05, 0.1) is 11.6 Å². The van der Waals surface area contributed by atoms with Gasteiger partial charge in [0, 0.05) is 18.0 Å². The number of hydrogen-bond acceptors (Lipinski definition) is 5. The van der Waals surface area contributed by atoms with Crippen LogP contribution in [0.25, 0.3) is 5.76 Å². The number of aliphatic hydroxyl groups excluding tert-OH is 1. The first-order valence-corrected chi connectivity index (χ1v) is 9.19. The molecule has 0 bridgehead atoms. The number of Topliss-reactive ketones (excluding diaryl/α,β-unsaturated/α-hetero) is 1. The van der Waals surface area contributed by atoms with Crippen molar-refractivity contribution >= 4 is 23.4 Å². The number of rotatable bonds is 3. The van der Waals surface area contributed by atoms with E-state index in [-0.39, 0.29) is 17.3 Å². The van der Waals surface area contributed by atoms with E-state index >= 15 is 0 Å². The molecule has 0 aliphatic carbocycles. The topological polar surface area (TPSA) is 83.4 Å². The van der Waals surface area contributed by atoms with Gasteiger partial charge >= 0.3 is 5.91 Å². The average molecular weight is 385 g/mol. The summed E-state index contributed by atoms with van der Waals surface area (Å²) in [7, 11) is 0. The highest BCUT2D eigenvalue weighted by Gasteiger charge is 2.48. The van der Waals surface area contributed by atoms with Gasteiger partial charge < -0.3 is 5.11 Å². The van der Waals surface area contributed by atoms with Crippen LogP contribution in [0.3, 0.4) is 0 Å². The molecular formula is C23H19N3O3. The third-order valence-electron chi connectivity index (χ3n) is 4.93. The van der Waals surface area contributed by atoms with E-state index in [9.17, 15) is 14.7 Å². The van der Waals surface area contributed by atoms with Gasteiger partial charge in [0.2, 0.25) is 5.95 Å². The monoisotopic (exact) mass is 385 g/mol. The van der Waals surface area contributed by atoms with Gasteiger partial charge in [-0.1, -0.05) is 59.7 Å². The third kappa shape index (κ3) is 3.29. The molecule has 1 atom stereocenters. The molecule has 1 N–H and O–H groups in total. The van der Waals surface area contributed by atoms with E-state index in [2.05, 4.69) is 9.97 Å². The van der Waals surface area contributed by atoms with Crippen molar-refractivity contribution in [2.45, 2.75) is 19.9 Å². The lowest BCUT2D eigenvalue weighted by atomic mass is 9.94. The number of nitrogens with zero attached hydrogens (tertiary/aromatic N) is 3. The summed E-state index contributed by atoms with van der Waals surface area (Å²) in [6.45, 7) is 3.88. The lowest BCUT2D eigenvalue weighted by Crippen LogP contribution is -2.31. The number of benzene rings is 2. The van der Waals surface area contributed by atoms with E-state index in [0.717, 1.165) is 11.1 Å². The summed E-state index contributed by atoms with van der Waals surface area (Å²) in [6, 6.07) is 15.4.